The number of nitrogens with zero attached hydrogens (tertiary/aromatic N) is 1. The summed E-state index contributed by atoms with van der Waals surface area (Å²) < 4.78 is 13.2. The summed E-state index contributed by atoms with van der Waals surface area (Å²) in [6, 6.07) is 6.62. The van der Waals surface area contributed by atoms with Gasteiger partial charge in [0.2, 0.25) is 0 Å². The Labute approximate surface area is 77.8 Å². The van der Waals surface area contributed by atoms with Crippen LogP contribution in [0.5, 0.6) is 0 Å². The van der Waals surface area contributed by atoms with Crippen molar-refractivity contribution in [2.75, 3.05) is 0 Å². The Balaban J connectivity index is 3.10. The molecule has 0 bridgehead atoms. The molecule has 0 saturated carbocycles. The quantitative estimate of drug-likeness (QED) is 0.681. The fourth-order valence-corrected chi connectivity index (χ4v) is 1.28. The van der Waals surface area contributed by atoms with Gasteiger partial charge in [-0.3, -0.25) is 0 Å². The number of rotatable bonds is 2. The van der Waals surface area contributed by atoms with Crippen molar-refractivity contribution >= 4 is 0 Å². The van der Waals surface area contributed by atoms with E-state index in [1.807, 2.05) is 19.9 Å². The van der Waals surface area contributed by atoms with Gasteiger partial charge in [0.1, 0.15) is 5.82 Å². The molecule has 0 aromatic heterocycles. The van der Waals surface area contributed by atoms with Crippen LogP contribution < -0.4 is 0 Å². The second kappa shape index (κ2) is 4.04. The highest BCUT2D eigenvalue weighted by molar-refractivity contribution is 5.38. The van der Waals surface area contributed by atoms with Gasteiger partial charge in [0.15, 0.2) is 0 Å². The van der Waals surface area contributed by atoms with Crippen molar-refractivity contribution in [2.24, 2.45) is 5.92 Å². The third-order valence-corrected chi connectivity index (χ3v) is 1.85. The number of hydrogen-bond acceptors (Lipinski definition) is 1. The topological polar surface area (TPSA) is 23.8 Å². The third kappa shape index (κ3) is 2.29. The van der Waals surface area contributed by atoms with Crippen molar-refractivity contribution < 1.29 is 4.39 Å². The fourth-order valence-electron chi connectivity index (χ4n) is 1.28. The van der Waals surface area contributed by atoms with Gasteiger partial charge >= 0.3 is 0 Å². The van der Waals surface area contributed by atoms with E-state index in [1.54, 1.807) is 12.1 Å². The van der Waals surface area contributed by atoms with Crippen molar-refractivity contribution in [3.05, 3.63) is 35.1 Å². The molecule has 2 heteroatoms. The maximum absolute atomic E-state index is 13.2. The van der Waals surface area contributed by atoms with E-state index in [-0.39, 0.29) is 5.82 Å². The maximum Gasteiger partial charge on any atom is 0.127 e. The Bertz CT molecular complexity index is 336. The van der Waals surface area contributed by atoms with Crippen molar-refractivity contribution in [3.8, 4) is 6.07 Å². The van der Waals surface area contributed by atoms with Gasteiger partial charge in [0.05, 0.1) is 11.6 Å². The van der Waals surface area contributed by atoms with Crippen molar-refractivity contribution in [1.29, 1.82) is 5.26 Å². The molecule has 0 heterocycles. The normalized spacial score (nSPS) is 10.1. The molecule has 1 aromatic rings. The van der Waals surface area contributed by atoms with E-state index >= 15 is 0 Å². The molecule has 1 nitrogen and oxygen atoms in total. The van der Waals surface area contributed by atoms with Gasteiger partial charge in [-0.25, -0.2) is 4.39 Å². The van der Waals surface area contributed by atoms with Gasteiger partial charge in [-0.15, -0.1) is 0 Å². The van der Waals surface area contributed by atoms with Crippen LogP contribution in [0.25, 0.3) is 0 Å². The molecule has 0 amide bonds. The van der Waals surface area contributed by atoms with Crippen molar-refractivity contribution in [3.63, 3.8) is 0 Å². The Morgan fingerprint density at radius 3 is 2.69 bits per heavy atom. The molecule has 0 N–H and O–H groups in total. The first-order valence-electron chi connectivity index (χ1n) is 4.32. The standard InChI is InChI=1S/C11H12FN/c1-8(2)6-10-9(7-13)4-3-5-11(10)12/h3-5,8H,6H2,1-2H3. The van der Waals surface area contributed by atoms with Crippen LogP contribution in [-0.2, 0) is 6.42 Å². The Morgan fingerprint density at radius 2 is 2.15 bits per heavy atom. The fraction of sp³-hybridized carbons (Fsp3) is 0.364. The summed E-state index contributed by atoms with van der Waals surface area (Å²) in [6.07, 6.45) is 0.621. The zero-order valence-electron chi connectivity index (χ0n) is 7.84. The molecule has 0 saturated heterocycles. The summed E-state index contributed by atoms with van der Waals surface area (Å²) in [5, 5.41) is 8.74. The molecular weight excluding hydrogens is 165 g/mol. The molecule has 0 unspecified atom stereocenters. The molecule has 13 heavy (non-hydrogen) atoms. The number of hydrogen-bond donors (Lipinski definition) is 0. The molecule has 0 spiro atoms. The Hall–Kier alpha value is -1.36. The minimum Gasteiger partial charge on any atom is -0.207 e. The highest BCUT2D eigenvalue weighted by atomic mass is 19.1. The van der Waals surface area contributed by atoms with E-state index in [2.05, 4.69) is 0 Å². The van der Waals surface area contributed by atoms with Crippen LogP contribution >= 0.6 is 0 Å². The highest BCUT2D eigenvalue weighted by Crippen LogP contribution is 2.16. The molecule has 1 rings (SSSR count). The van der Waals surface area contributed by atoms with E-state index in [4.69, 9.17) is 5.26 Å². The van der Waals surface area contributed by atoms with Crippen LogP contribution in [0.2, 0.25) is 0 Å². The number of nitriles is 1. The molecule has 0 atom stereocenters. The summed E-state index contributed by atoms with van der Waals surface area (Å²) in [6.45, 7) is 4.02. The van der Waals surface area contributed by atoms with E-state index in [0.29, 0.717) is 23.5 Å². The molecule has 0 aliphatic heterocycles. The van der Waals surface area contributed by atoms with Gasteiger partial charge < -0.3 is 0 Å². The lowest BCUT2D eigenvalue weighted by molar-refractivity contribution is 0.573. The van der Waals surface area contributed by atoms with Gasteiger partial charge in [-0.05, 0) is 24.5 Å². The van der Waals surface area contributed by atoms with Crippen molar-refractivity contribution in [1.82, 2.24) is 0 Å². The van der Waals surface area contributed by atoms with Crippen LogP contribution in [0, 0.1) is 23.1 Å². The van der Waals surface area contributed by atoms with E-state index in [1.165, 1.54) is 6.07 Å². The zero-order valence-corrected chi connectivity index (χ0v) is 7.84. The van der Waals surface area contributed by atoms with Crippen LogP contribution in [0.15, 0.2) is 18.2 Å². The highest BCUT2D eigenvalue weighted by Gasteiger charge is 2.09. The van der Waals surface area contributed by atoms with E-state index in [0.717, 1.165) is 0 Å². The van der Waals surface area contributed by atoms with Gasteiger partial charge in [0, 0.05) is 5.56 Å². The SMILES string of the molecule is CC(C)Cc1c(F)cccc1C#N. The maximum atomic E-state index is 13.2. The summed E-state index contributed by atoms with van der Waals surface area (Å²) in [4.78, 5) is 0. The number of halogens is 1. The predicted octanol–water partition coefficient (Wildman–Crippen LogP) is 2.90. The molecule has 0 radical (unpaired) electrons. The molecule has 1 aromatic carbocycles. The average Bonchev–Trinajstić information content (AvgIpc) is 2.08. The molecule has 0 aliphatic carbocycles. The van der Waals surface area contributed by atoms with Crippen LogP contribution in [0.1, 0.15) is 25.0 Å². The smallest absolute Gasteiger partial charge is 0.127 e. The van der Waals surface area contributed by atoms with Crippen LogP contribution in [-0.4, -0.2) is 0 Å². The average molecular weight is 177 g/mol. The second-order valence-corrected chi connectivity index (χ2v) is 3.48. The lowest BCUT2D eigenvalue weighted by Crippen LogP contribution is -2.00. The van der Waals surface area contributed by atoms with Gasteiger partial charge in [-0.2, -0.15) is 5.26 Å². The molecular formula is C11H12FN. The molecule has 0 fully saturated rings. The van der Waals surface area contributed by atoms with Crippen molar-refractivity contribution in [2.45, 2.75) is 20.3 Å². The first kappa shape index (κ1) is 9.73. The van der Waals surface area contributed by atoms with Crippen LogP contribution in [0.3, 0.4) is 0 Å². The second-order valence-electron chi connectivity index (χ2n) is 3.48. The summed E-state index contributed by atoms with van der Waals surface area (Å²) in [5.41, 5.74) is 0.994. The van der Waals surface area contributed by atoms with Crippen LogP contribution in [0.4, 0.5) is 4.39 Å². The number of benzene rings is 1. The first-order chi connectivity index (χ1) is 6.15. The largest absolute Gasteiger partial charge is 0.207 e. The van der Waals surface area contributed by atoms with Gasteiger partial charge in [-0.1, -0.05) is 19.9 Å². The lowest BCUT2D eigenvalue weighted by Gasteiger charge is -2.07. The Kier molecular flexibility index (Phi) is 3.02. The zero-order chi connectivity index (χ0) is 9.84. The lowest BCUT2D eigenvalue weighted by atomic mass is 9.98. The first-order valence-corrected chi connectivity index (χ1v) is 4.32. The summed E-state index contributed by atoms with van der Waals surface area (Å²) >= 11 is 0. The molecule has 0 aliphatic rings. The summed E-state index contributed by atoms with van der Waals surface area (Å²) in [5.74, 6) is 0.0942. The van der Waals surface area contributed by atoms with Gasteiger partial charge in [0.25, 0.3) is 0 Å². The van der Waals surface area contributed by atoms with E-state index < -0.39 is 0 Å². The predicted molar refractivity (Wildman–Crippen MR) is 49.7 cm³/mol. The third-order valence-electron chi connectivity index (χ3n) is 1.85. The minimum absolute atomic E-state index is 0.271. The Morgan fingerprint density at radius 1 is 1.46 bits per heavy atom. The van der Waals surface area contributed by atoms with E-state index in [9.17, 15) is 4.39 Å². The molecule has 68 valence electrons. The summed E-state index contributed by atoms with van der Waals surface area (Å²) in [7, 11) is 0. The monoisotopic (exact) mass is 177 g/mol. The minimum atomic E-state index is -0.271.